The van der Waals surface area contributed by atoms with Crippen LogP contribution in [-0.2, 0) is 4.74 Å². The molecule has 0 aliphatic carbocycles. The number of aromatic hydroxyl groups is 1. The van der Waals surface area contributed by atoms with Gasteiger partial charge in [0.1, 0.15) is 11.4 Å². The topological polar surface area (TPSA) is 75.8 Å². The van der Waals surface area contributed by atoms with Gasteiger partial charge in [-0.15, -0.1) is 0 Å². The molecule has 5 nitrogen and oxygen atoms in total. The van der Waals surface area contributed by atoms with Gasteiger partial charge in [-0.3, -0.25) is 4.90 Å². The van der Waals surface area contributed by atoms with Gasteiger partial charge in [0.15, 0.2) is 0 Å². The summed E-state index contributed by atoms with van der Waals surface area (Å²) in [6, 6.07) is 4.41. The van der Waals surface area contributed by atoms with Crippen molar-refractivity contribution < 1.29 is 14.6 Å². The molecule has 0 bridgehead atoms. The van der Waals surface area contributed by atoms with E-state index in [0.717, 1.165) is 0 Å². The molecule has 0 radical (unpaired) electrons. The minimum absolute atomic E-state index is 0.0459. The Morgan fingerprint density at radius 3 is 2.53 bits per heavy atom. The summed E-state index contributed by atoms with van der Waals surface area (Å²) < 4.78 is 5.20. The number of phenolic OH excluding ortho intramolecular Hbond substituents is 1. The molecule has 17 heavy (non-hydrogen) atoms. The Morgan fingerprint density at radius 2 is 2.00 bits per heavy atom. The zero-order valence-corrected chi connectivity index (χ0v) is 10.5. The van der Waals surface area contributed by atoms with Crippen molar-refractivity contribution in [3.8, 4) is 5.75 Å². The van der Waals surface area contributed by atoms with Crippen LogP contribution in [0.5, 0.6) is 5.75 Å². The second-order valence-corrected chi connectivity index (χ2v) is 4.78. The maximum absolute atomic E-state index is 11.8. The Hall–Kier alpha value is -1.91. The van der Waals surface area contributed by atoms with Crippen LogP contribution in [0, 0.1) is 0 Å². The Kier molecular flexibility index (Phi) is 3.50. The van der Waals surface area contributed by atoms with E-state index in [2.05, 4.69) is 0 Å². The summed E-state index contributed by atoms with van der Waals surface area (Å²) >= 11 is 0. The minimum Gasteiger partial charge on any atom is -0.508 e. The largest absolute Gasteiger partial charge is 0.508 e. The molecule has 0 fully saturated rings. The van der Waals surface area contributed by atoms with Crippen LogP contribution in [0.4, 0.5) is 16.2 Å². The molecule has 0 aromatic heterocycles. The second kappa shape index (κ2) is 4.53. The van der Waals surface area contributed by atoms with Crippen molar-refractivity contribution in [2.75, 3.05) is 17.7 Å². The molecule has 1 rings (SSSR count). The van der Waals surface area contributed by atoms with Crippen LogP contribution >= 0.6 is 0 Å². The van der Waals surface area contributed by atoms with Crippen LogP contribution in [0.25, 0.3) is 0 Å². The number of nitrogens with two attached hydrogens (primary N) is 1. The molecule has 0 aliphatic heterocycles. The molecule has 1 aromatic carbocycles. The van der Waals surface area contributed by atoms with Gasteiger partial charge >= 0.3 is 6.09 Å². The number of nitrogens with zero attached hydrogens (tertiary/aromatic N) is 1. The van der Waals surface area contributed by atoms with Crippen LogP contribution in [-0.4, -0.2) is 23.8 Å². The summed E-state index contributed by atoms with van der Waals surface area (Å²) in [4.78, 5) is 13.1. The van der Waals surface area contributed by atoms with E-state index < -0.39 is 11.7 Å². The lowest BCUT2D eigenvalue weighted by atomic mass is 10.2. The fraction of sp³-hybridized carbons (Fsp3) is 0.417. The summed E-state index contributed by atoms with van der Waals surface area (Å²) in [5.41, 5.74) is 5.97. The van der Waals surface area contributed by atoms with Crippen molar-refractivity contribution >= 4 is 17.5 Å². The van der Waals surface area contributed by atoms with Gasteiger partial charge < -0.3 is 15.6 Å². The molecule has 0 spiro atoms. The summed E-state index contributed by atoms with van der Waals surface area (Å²) in [5.74, 6) is 0.0459. The van der Waals surface area contributed by atoms with Gasteiger partial charge in [-0.2, -0.15) is 0 Å². The molecule has 0 aliphatic rings. The first-order chi connectivity index (χ1) is 7.70. The van der Waals surface area contributed by atoms with Crippen LogP contribution in [0.3, 0.4) is 0 Å². The van der Waals surface area contributed by atoms with Crippen molar-refractivity contribution in [2.45, 2.75) is 26.4 Å². The molecule has 0 heterocycles. The van der Waals surface area contributed by atoms with E-state index in [4.69, 9.17) is 10.5 Å². The van der Waals surface area contributed by atoms with E-state index in [1.165, 1.54) is 23.1 Å². The first-order valence-electron chi connectivity index (χ1n) is 5.26. The summed E-state index contributed by atoms with van der Waals surface area (Å²) in [6.07, 6.45) is -0.519. The SMILES string of the molecule is CN(C(=O)OC(C)(C)C)c1cc(O)ccc1N. The predicted molar refractivity (Wildman–Crippen MR) is 67.2 cm³/mol. The van der Waals surface area contributed by atoms with Crippen molar-refractivity contribution in [1.82, 2.24) is 0 Å². The van der Waals surface area contributed by atoms with Gasteiger partial charge in [0.25, 0.3) is 0 Å². The van der Waals surface area contributed by atoms with Gasteiger partial charge in [-0.25, -0.2) is 4.79 Å². The van der Waals surface area contributed by atoms with Gasteiger partial charge in [0, 0.05) is 13.1 Å². The average molecular weight is 238 g/mol. The molecule has 0 atom stereocenters. The smallest absolute Gasteiger partial charge is 0.414 e. The standard InChI is InChI=1S/C12H18N2O3/c1-12(2,3)17-11(16)14(4)10-7-8(15)5-6-9(10)13/h5-7,15H,13H2,1-4H3. The number of anilines is 2. The maximum Gasteiger partial charge on any atom is 0.414 e. The van der Waals surface area contributed by atoms with Crippen molar-refractivity contribution in [3.05, 3.63) is 18.2 Å². The lowest BCUT2D eigenvalue weighted by Gasteiger charge is -2.25. The molecule has 1 amide bonds. The molecular formula is C12H18N2O3. The average Bonchev–Trinajstić information content (AvgIpc) is 2.18. The highest BCUT2D eigenvalue weighted by Gasteiger charge is 2.21. The van der Waals surface area contributed by atoms with Crippen LogP contribution in [0.2, 0.25) is 0 Å². The number of phenols is 1. The van der Waals surface area contributed by atoms with Crippen molar-refractivity contribution in [1.29, 1.82) is 0 Å². The summed E-state index contributed by atoms with van der Waals surface area (Å²) in [5, 5.41) is 9.37. The maximum atomic E-state index is 11.8. The Morgan fingerprint density at radius 1 is 1.41 bits per heavy atom. The number of carbonyl (C=O) groups excluding carboxylic acids is 1. The van der Waals surface area contributed by atoms with Crippen LogP contribution < -0.4 is 10.6 Å². The Balaban J connectivity index is 2.92. The first-order valence-corrected chi connectivity index (χ1v) is 5.26. The highest BCUT2D eigenvalue weighted by Crippen LogP contribution is 2.27. The highest BCUT2D eigenvalue weighted by atomic mass is 16.6. The summed E-state index contributed by atoms with van der Waals surface area (Å²) in [6.45, 7) is 5.35. The number of benzene rings is 1. The van der Waals surface area contributed by atoms with E-state index in [9.17, 15) is 9.90 Å². The Bertz CT molecular complexity index is 424. The highest BCUT2D eigenvalue weighted by molar-refractivity contribution is 5.91. The third kappa shape index (κ3) is 3.55. The van der Waals surface area contributed by atoms with Gasteiger partial charge in [-0.1, -0.05) is 0 Å². The molecule has 94 valence electrons. The quantitative estimate of drug-likeness (QED) is 0.581. The number of carbonyl (C=O) groups is 1. The normalized spacial score (nSPS) is 11.1. The van der Waals surface area contributed by atoms with E-state index in [1.807, 2.05) is 0 Å². The van der Waals surface area contributed by atoms with E-state index in [0.29, 0.717) is 11.4 Å². The fourth-order valence-corrected chi connectivity index (χ4v) is 1.25. The number of amides is 1. The van der Waals surface area contributed by atoms with Crippen molar-refractivity contribution in [2.24, 2.45) is 0 Å². The first kappa shape index (κ1) is 13.2. The fourth-order valence-electron chi connectivity index (χ4n) is 1.25. The second-order valence-electron chi connectivity index (χ2n) is 4.78. The van der Waals surface area contributed by atoms with Gasteiger partial charge in [-0.05, 0) is 32.9 Å². The molecular weight excluding hydrogens is 220 g/mol. The van der Waals surface area contributed by atoms with Crippen LogP contribution in [0.1, 0.15) is 20.8 Å². The third-order valence-corrected chi connectivity index (χ3v) is 2.04. The lowest BCUT2D eigenvalue weighted by Crippen LogP contribution is -2.34. The number of hydrogen-bond donors (Lipinski definition) is 2. The monoisotopic (exact) mass is 238 g/mol. The molecule has 3 N–H and O–H groups in total. The van der Waals surface area contributed by atoms with Crippen LogP contribution in [0.15, 0.2) is 18.2 Å². The van der Waals surface area contributed by atoms with E-state index >= 15 is 0 Å². The van der Waals surface area contributed by atoms with Gasteiger partial charge in [0.05, 0.1) is 11.4 Å². The zero-order chi connectivity index (χ0) is 13.2. The lowest BCUT2D eigenvalue weighted by molar-refractivity contribution is 0.0589. The van der Waals surface area contributed by atoms with E-state index in [1.54, 1.807) is 27.8 Å². The zero-order valence-electron chi connectivity index (χ0n) is 10.5. The number of hydrogen-bond acceptors (Lipinski definition) is 4. The number of nitrogen functional groups attached to an aromatic ring is 1. The third-order valence-electron chi connectivity index (χ3n) is 2.04. The van der Waals surface area contributed by atoms with Crippen molar-refractivity contribution in [3.63, 3.8) is 0 Å². The summed E-state index contributed by atoms with van der Waals surface area (Å²) in [7, 11) is 1.54. The minimum atomic E-state index is -0.572. The Labute approximate surface area is 101 Å². The molecule has 1 aromatic rings. The molecule has 0 unspecified atom stereocenters. The number of ether oxygens (including phenoxy) is 1. The molecule has 0 saturated carbocycles. The van der Waals surface area contributed by atoms with Gasteiger partial charge in [0.2, 0.25) is 0 Å². The molecule has 5 heteroatoms. The number of rotatable bonds is 1. The predicted octanol–water partition coefficient (Wildman–Crippen LogP) is 2.35. The molecule has 0 saturated heterocycles. The van der Waals surface area contributed by atoms with E-state index in [-0.39, 0.29) is 5.75 Å².